The van der Waals surface area contributed by atoms with Gasteiger partial charge in [-0.15, -0.1) is 0 Å². The van der Waals surface area contributed by atoms with E-state index in [0.29, 0.717) is 18.8 Å². The summed E-state index contributed by atoms with van der Waals surface area (Å²) in [5.74, 6) is -0.00250. The van der Waals surface area contributed by atoms with E-state index in [0.717, 1.165) is 22.4 Å². The average Bonchev–Trinajstić information content (AvgIpc) is 3.71. The van der Waals surface area contributed by atoms with Crippen molar-refractivity contribution in [2.24, 2.45) is 0 Å². The molecule has 1 amide bonds. The van der Waals surface area contributed by atoms with Crippen molar-refractivity contribution >= 4 is 23.2 Å². The van der Waals surface area contributed by atoms with Crippen LogP contribution in [0, 0.1) is 0 Å². The van der Waals surface area contributed by atoms with E-state index in [9.17, 15) is 4.79 Å². The number of halogens is 1. The lowest BCUT2D eigenvalue weighted by molar-refractivity contribution is -0.119. The Morgan fingerprint density at radius 1 is 0.897 bits per heavy atom. The molecule has 39 heavy (non-hydrogen) atoms. The minimum atomic E-state index is -0.632. The smallest absolute Gasteiger partial charge is 0.245 e. The summed E-state index contributed by atoms with van der Waals surface area (Å²) in [6, 6.07) is 34.7. The second-order valence-corrected chi connectivity index (χ2v) is 9.88. The molecule has 0 aliphatic carbocycles. The van der Waals surface area contributed by atoms with Crippen molar-refractivity contribution in [2.75, 3.05) is 18.0 Å². The van der Waals surface area contributed by atoms with Gasteiger partial charge in [0.25, 0.3) is 0 Å². The van der Waals surface area contributed by atoms with Crippen LogP contribution in [0.15, 0.2) is 122 Å². The van der Waals surface area contributed by atoms with E-state index in [1.54, 1.807) is 28.2 Å². The Balaban J connectivity index is 1.41. The quantitative estimate of drug-likeness (QED) is 0.183. The number of carbonyl (C=O) groups excluding carboxylic acids is 1. The van der Waals surface area contributed by atoms with Gasteiger partial charge in [0.05, 0.1) is 23.6 Å². The summed E-state index contributed by atoms with van der Waals surface area (Å²) in [5.41, 5.74) is 4.07. The molecule has 5 aromatic rings. The molecule has 6 nitrogen and oxygen atoms in total. The predicted molar refractivity (Wildman–Crippen MR) is 154 cm³/mol. The maximum absolute atomic E-state index is 14.2. The summed E-state index contributed by atoms with van der Waals surface area (Å²) >= 11 is 6.59. The highest BCUT2D eigenvalue weighted by Gasteiger charge is 2.56. The number of benzene rings is 3. The van der Waals surface area contributed by atoms with Crippen LogP contribution in [0.2, 0.25) is 5.15 Å². The van der Waals surface area contributed by atoms with Crippen LogP contribution >= 0.6 is 11.6 Å². The molecule has 194 valence electrons. The van der Waals surface area contributed by atoms with E-state index in [2.05, 4.69) is 87.8 Å². The SMILES string of the molecule is CCN(C(=O)C1CN1C(c1ccccc1)(c1ccccc1)c1ccccc1)c1cn(-c2cccnc2)nc1Cl. The molecule has 1 fully saturated rings. The minimum absolute atomic E-state index is 0.00250. The minimum Gasteiger partial charge on any atom is -0.307 e. The molecule has 2 atom stereocenters. The maximum atomic E-state index is 14.2. The van der Waals surface area contributed by atoms with Crippen LogP contribution in [-0.4, -0.2) is 44.7 Å². The Labute approximate surface area is 233 Å². The summed E-state index contributed by atoms with van der Waals surface area (Å²) in [5, 5.41) is 4.74. The van der Waals surface area contributed by atoms with Gasteiger partial charge in [-0.25, -0.2) is 4.68 Å². The Hall–Kier alpha value is -4.26. The third-order valence-corrected chi connectivity index (χ3v) is 7.61. The van der Waals surface area contributed by atoms with Crippen molar-refractivity contribution < 1.29 is 4.79 Å². The fourth-order valence-electron chi connectivity index (χ4n) is 5.53. The van der Waals surface area contributed by atoms with Crippen molar-refractivity contribution in [3.8, 4) is 5.69 Å². The summed E-state index contributed by atoms with van der Waals surface area (Å²) < 4.78 is 1.66. The maximum Gasteiger partial charge on any atom is 0.245 e. The number of aromatic nitrogens is 3. The molecular formula is C32H28ClN5O. The molecule has 0 saturated carbocycles. The third-order valence-electron chi connectivity index (χ3n) is 7.34. The zero-order valence-electron chi connectivity index (χ0n) is 21.6. The molecule has 7 heteroatoms. The Morgan fingerprint density at radius 2 is 1.46 bits per heavy atom. The Bertz CT molecular complexity index is 1460. The number of nitrogens with zero attached hydrogens (tertiary/aromatic N) is 5. The zero-order valence-corrected chi connectivity index (χ0v) is 22.3. The van der Waals surface area contributed by atoms with Crippen LogP contribution in [0.25, 0.3) is 5.69 Å². The average molecular weight is 534 g/mol. The summed E-state index contributed by atoms with van der Waals surface area (Å²) in [6.45, 7) is 3.04. The van der Waals surface area contributed by atoms with Gasteiger partial charge < -0.3 is 4.90 Å². The molecule has 2 aromatic heterocycles. The number of likely N-dealkylation sites (N-methyl/N-ethyl adjacent to an activating group) is 1. The highest BCUT2D eigenvalue weighted by Crippen LogP contribution is 2.48. The molecule has 1 saturated heterocycles. The molecule has 1 aliphatic rings. The topological polar surface area (TPSA) is 54.0 Å². The molecule has 0 spiro atoms. The van der Waals surface area contributed by atoms with E-state index >= 15 is 0 Å². The lowest BCUT2D eigenvalue weighted by Gasteiger charge is -2.38. The molecule has 2 unspecified atom stereocenters. The fraction of sp³-hybridized carbons (Fsp3) is 0.156. The van der Waals surface area contributed by atoms with Gasteiger partial charge in [-0.05, 0) is 35.7 Å². The second-order valence-electron chi connectivity index (χ2n) is 9.52. The van der Waals surface area contributed by atoms with Gasteiger partial charge in [-0.3, -0.25) is 14.7 Å². The number of hydrogen-bond acceptors (Lipinski definition) is 4. The van der Waals surface area contributed by atoms with Crippen LogP contribution in [0.1, 0.15) is 23.6 Å². The molecule has 6 rings (SSSR count). The number of carbonyl (C=O) groups is 1. The molecule has 0 radical (unpaired) electrons. The van der Waals surface area contributed by atoms with E-state index in [1.807, 2.05) is 37.3 Å². The molecule has 3 heterocycles. The van der Waals surface area contributed by atoms with Crippen LogP contribution in [0.4, 0.5) is 5.69 Å². The van der Waals surface area contributed by atoms with Gasteiger partial charge in [0.1, 0.15) is 11.7 Å². The first kappa shape index (κ1) is 25.0. The van der Waals surface area contributed by atoms with Gasteiger partial charge in [-0.1, -0.05) is 103 Å². The lowest BCUT2D eigenvalue weighted by atomic mass is 9.76. The van der Waals surface area contributed by atoms with Crippen molar-refractivity contribution in [1.82, 2.24) is 19.7 Å². The summed E-state index contributed by atoms with van der Waals surface area (Å²) in [4.78, 5) is 22.4. The van der Waals surface area contributed by atoms with E-state index in [-0.39, 0.29) is 17.1 Å². The number of hydrogen-bond donors (Lipinski definition) is 0. The highest BCUT2D eigenvalue weighted by molar-refractivity contribution is 6.32. The van der Waals surface area contributed by atoms with E-state index < -0.39 is 5.54 Å². The largest absolute Gasteiger partial charge is 0.307 e. The molecular weight excluding hydrogens is 506 g/mol. The normalized spacial score (nSPS) is 16.6. The van der Waals surface area contributed by atoms with Crippen LogP contribution in [-0.2, 0) is 10.3 Å². The first-order valence-corrected chi connectivity index (χ1v) is 13.4. The molecule has 0 bridgehead atoms. The van der Waals surface area contributed by atoms with Crippen molar-refractivity contribution in [2.45, 2.75) is 18.5 Å². The van der Waals surface area contributed by atoms with E-state index in [1.165, 1.54) is 0 Å². The van der Waals surface area contributed by atoms with Crippen molar-refractivity contribution in [3.63, 3.8) is 0 Å². The summed E-state index contributed by atoms with van der Waals surface area (Å²) in [7, 11) is 0. The number of pyridine rings is 1. The van der Waals surface area contributed by atoms with Gasteiger partial charge in [0.15, 0.2) is 5.15 Å². The predicted octanol–water partition coefficient (Wildman–Crippen LogP) is 5.95. The number of amides is 1. The van der Waals surface area contributed by atoms with Crippen LogP contribution in [0.5, 0.6) is 0 Å². The molecule has 1 aliphatic heterocycles. The monoisotopic (exact) mass is 533 g/mol. The van der Waals surface area contributed by atoms with Gasteiger partial charge in [-0.2, -0.15) is 5.10 Å². The second kappa shape index (κ2) is 10.5. The Kier molecular flexibility index (Phi) is 6.73. The zero-order chi connectivity index (χ0) is 26.8. The van der Waals surface area contributed by atoms with Gasteiger partial charge in [0.2, 0.25) is 5.91 Å². The standard InChI is InChI=1S/C32H28ClN5O/c1-2-36(28-23-38(35-30(28)33)27-19-12-20-34-21-27)31(39)29-22-37(29)32(24-13-6-3-7-14-24,25-15-8-4-9-16-25)26-17-10-5-11-18-26/h3-21,23,29H,2,22H2,1H3. The highest BCUT2D eigenvalue weighted by atomic mass is 35.5. The van der Waals surface area contributed by atoms with E-state index in [4.69, 9.17) is 11.6 Å². The fourth-order valence-corrected chi connectivity index (χ4v) is 5.76. The first-order chi connectivity index (χ1) is 19.1. The number of anilines is 1. The lowest BCUT2D eigenvalue weighted by Crippen LogP contribution is -2.43. The van der Waals surface area contributed by atoms with Crippen LogP contribution < -0.4 is 4.90 Å². The summed E-state index contributed by atoms with van der Waals surface area (Å²) in [6.07, 6.45) is 5.21. The molecule has 3 aromatic carbocycles. The van der Waals surface area contributed by atoms with Crippen LogP contribution in [0.3, 0.4) is 0 Å². The van der Waals surface area contributed by atoms with Crippen molar-refractivity contribution in [3.05, 3.63) is 144 Å². The molecule has 0 N–H and O–H groups in total. The number of rotatable bonds is 8. The third kappa shape index (κ3) is 4.42. The first-order valence-electron chi connectivity index (χ1n) is 13.0. The Morgan fingerprint density at radius 3 is 1.95 bits per heavy atom. The van der Waals surface area contributed by atoms with Gasteiger partial charge >= 0.3 is 0 Å². The van der Waals surface area contributed by atoms with Gasteiger partial charge in [0, 0.05) is 19.3 Å². The van der Waals surface area contributed by atoms with Crippen molar-refractivity contribution in [1.29, 1.82) is 0 Å².